The number of nitrogens with one attached hydrogen (secondary N) is 4. The molecule has 2 aliphatic heterocycles. The van der Waals surface area contributed by atoms with Crippen molar-refractivity contribution in [2.24, 2.45) is 11.8 Å². The van der Waals surface area contributed by atoms with Gasteiger partial charge in [-0.25, -0.2) is 14.6 Å². The average Bonchev–Trinajstić information content (AvgIpc) is 4.21. The monoisotopic (exact) mass is 923 g/mol. The molecule has 1 aromatic heterocycles. The van der Waals surface area contributed by atoms with Crippen molar-refractivity contribution in [2.75, 3.05) is 32.6 Å². The molecule has 14 heteroatoms. The molecule has 3 aromatic carbocycles. The molecular weight excluding hydrogens is 859 g/mol. The number of fused-ring (bicyclic) bond motifs is 10. The van der Waals surface area contributed by atoms with Crippen LogP contribution >= 0.6 is 0 Å². The molecule has 2 saturated heterocycles. The quantitative estimate of drug-likeness (QED) is 0.109. The maximum atomic E-state index is 13.9. The van der Waals surface area contributed by atoms with Gasteiger partial charge in [0.15, 0.2) is 0 Å². The van der Waals surface area contributed by atoms with Gasteiger partial charge >= 0.3 is 12.2 Å². The maximum Gasteiger partial charge on any atom is 0.407 e. The Bertz CT molecular complexity index is 2660. The van der Waals surface area contributed by atoms with Crippen LogP contribution in [0.25, 0.3) is 33.5 Å². The lowest BCUT2D eigenvalue weighted by Crippen LogP contribution is -2.54. The first-order chi connectivity index (χ1) is 32.8. The number of hydrogen-bond acceptors (Lipinski definition) is 8. The van der Waals surface area contributed by atoms with Crippen LogP contribution in [0.2, 0.25) is 0 Å². The number of nitrogens with zero attached hydrogens (tertiary/aromatic N) is 3. The molecule has 4 aliphatic carbocycles. The summed E-state index contributed by atoms with van der Waals surface area (Å²) in [7, 11) is 2.58. The van der Waals surface area contributed by atoms with Crippen LogP contribution in [0.5, 0.6) is 0 Å². The summed E-state index contributed by atoms with van der Waals surface area (Å²) in [6.07, 6.45) is 10.6. The Morgan fingerprint density at radius 3 is 1.75 bits per heavy atom. The number of anilines is 1. The molecular formula is C54H65N7O7. The van der Waals surface area contributed by atoms with Gasteiger partial charge in [-0.15, -0.1) is 0 Å². The van der Waals surface area contributed by atoms with Crippen LogP contribution in [0.4, 0.5) is 15.3 Å². The number of rotatable bonds is 12. The van der Waals surface area contributed by atoms with Crippen molar-refractivity contribution in [1.82, 2.24) is 30.4 Å². The van der Waals surface area contributed by atoms with Gasteiger partial charge in [0.2, 0.25) is 17.7 Å². The minimum Gasteiger partial charge on any atom is -0.453 e. The predicted molar refractivity (Wildman–Crippen MR) is 259 cm³/mol. The van der Waals surface area contributed by atoms with Gasteiger partial charge in [0.1, 0.15) is 23.9 Å². The number of hydrogen-bond donors (Lipinski definition) is 4. The molecule has 5 amide bonds. The third-order valence-corrected chi connectivity index (χ3v) is 16.2. The zero-order chi connectivity index (χ0) is 47.5. The minimum atomic E-state index is -0.796. The first kappa shape index (κ1) is 45.6. The summed E-state index contributed by atoms with van der Waals surface area (Å²) in [5, 5.41) is 8.58. The van der Waals surface area contributed by atoms with Gasteiger partial charge in [-0.2, -0.15) is 0 Å². The van der Waals surface area contributed by atoms with Crippen molar-refractivity contribution in [1.29, 1.82) is 0 Å². The van der Waals surface area contributed by atoms with E-state index in [0.717, 1.165) is 42.8 Å². The molecule has 14 nitrogen and oxygen atoms in total. The molecule has 358 valence electrons. The molecule has 3 heterocycles. The Labute approximate surface area is 398 Å². The van der Waals surface area contributed by atoms with Crippen LogP contribution in [-0.4, -0.2) is 95.1 Å². The van der Waals surface area contributed by atoms with E-state index in [4.69, 9.17) is 14.5 Å². The Kier molecular flexibility index (Phi) is 12.3. The highest BCUT2D eigenvalue weighted by molar-refractivity contribution is 5.99. The molecule has 2 saturated carbocycles. The van der Waals surface area contributed by atoms with Gasteiger partial charge in [0, 0.05) is 24.3 Å². The molecule has 10 rings (SSSR count). The van der Waals surface area contributed by atoms with E-state index in [0.29, 0.717) is 55.3 Å². The summed E-state index contributed by atoms with van der Waals surface area (Å²) < 4.78 is 9.63. The Hall–Kier alpha value is -6.18. The summed E-state index contributed by atoms with van der Waals surface area (Å²) >= 11 is 0. The number of amides is 5. The third-order valence-electron chi connectivity index (χ3n) is 16.2. The van der Waals surface area contributed by atoms with Crippen LogP contribution in [0.3, 0.4) is 0 Å². The first-order valence-electron chi connectivity index (χ1n) is 24.9. The number of carbonyl (C=O) groups excluding carboxylic acids is 5. The van der Waals surface area contributed by atoms with Crippen molar-refractivity contribution < 1.29 is 33.4 Å². The van der Waals surface area contributed by atoms with Crippen LogP contribution in [-0.2, 0) is 23.9 Å². The molecule has 4 bridgehead atoms. The lowest BCUT2D eigenvalue weighted by atomic mass is 9.77. The van der Waals surface area contributed by atoms with Crippen molar-refractivity contribution >= 4 is 35.6 Å². The second kappa shape index (κ2) is 18.4. The summed E-state index contributed by atoms with van der Waals surface area (Å²) in [5.41, 5.74) is 13.7. The maximum absolute atomic E-state index is 13.9. The van der Waals surface area contributed by atoms with Crippen molar-refractivity contribution in [2.45, 2.75) is 140 Å². The lowest BCUT2D eigenvalue weighted by molar-refractivity contribution is -0.139. The third kappa shape index (κ3) is 8.00. The van der Waals surface area contributed by atoms with Crippen molar-refractivity contribution in [3.63, 3.8) is 0 Å². The fraction of sp³-hybridized carbons (Fsp3) is 0.519. The molecule has 0 spiro atoms. The number of ether oxygens (including phenoxy) is 2. The molecule has 4 unspecified atom stereocenters. The molecule has 68 heavy (non-hydrogen) atoms. The van der Waals surface area contributed by atoms with E-state index in [1.165, 1.54) is 84.4 Å². The highest BCUT2D eigenvalue weighted by Gasteiger charge is 2.45. The highest BCUT2D eigenvalue weighted by Crippen LogP contribution is 2.62. The zero-order valence-electron chi connectivity index (χ0n) is 40.2. The molecule has 0 radical (unpaired) electrons. The number of carbonyl (C=O) groups is 5. The fourth-order valence-electron chi connectivity index (χ4n) is 13.0. The number of benzene rings is 3. The number of alkyl carbamates (subject to hydrolysis) is 2. The fourth-order valence-corrected chi connectivity index (χ4v) is 13.0. The predicted octanol–water partition coefficient (Wildman–Crippen LogP) is 9.49. The average molecular weight is 924 g/mol. The summed E-state index contributed by atoms with van der Waals surface area (Å²) in [6, 6.07) is 15.1. The van der Waals surface area contributed by atoms with E-state index < -0.39 is 30.3 Å². The normalized spacial score (nSPS) is 24.0. The summed E-state index contributed by atoms with van der Waals surface area (Å²) in [4.78, 5) is 77.9. The SMILES string of the molecule is COC(=O)N[C@H](C(=O)N1CCC[C@H]1C(=O)Nc1cccc(-c2ccc(-c3ccc(-c4cnc([C@@H]5CCCN5C(=O)[C@@H](NC(=O)OC)C(C)C)[nH]4)c4c3C3CCC4C3)c3c2C2CCC3C2)c1)C(C)C. The van der Waals surface area contributed by atoms with Gasteiger partial charge in [-0.1, -0.05) is 64.1 Å². The summed E-state index contributed by atoms with van der Waals surface area (Å²) in [6.45, 7) is 8.64. The van der Waals surface area contributed by atoms with E-state index in [1.54, 1.807) is 4.90 Å². The molecule has 4 N–H and O–H groups in total. The number of likely N-dealkylation sites (tertiary alicyclic amines) is 2. The van der Waals surface area contributed by atoms with E-state index in [1.807, 2.05) is 50.9 Å². The highest BCUT2D eigenvalue weighted by atomic mass is 16.5. The van der Waals surface area contributed by atoms with E-state index in [9.17, 15) is 24.0 Å². The smallest absolute Gasteiger partial charge is 0.407 e. The minimum absolute atomic E-state index is 0.108. The molecule has 4 aromatic rings. The van der Waals surface area contributed by atoms with E-state index >= 15 is 0 Å². The van der Waals surface area contributed by atoms with E-state index in [2.05, 4.69) is 57.3 Å². The van der Waals surface area contributed by atoms with E-state index in [-0.39, 0.29) is 35.6 Å². The molecule has 4 fully saturated rings. The Morgan fingerprint density at radius 1 is 0.647 bits per heavy atom. The van der Waals surface area contributed by atoms with Crippen LogP contribution in [0.15, 0.2) is 54.7 Å². The number of methoxy groups -OCH3 is 2. The largest absolute Gasteiger partial charge is 0.453 e. The first-order valence-corrected chi connectivity index (χ1v) is 24.9. The van der Waals surface area contributed by atoms with Crippen LogP contribution < -0.4 is 16.0 Å². The van der Waals surface area contributed by atoms with Gasteiger partial charge in [-0.05, 0) is 156 Å². The molecule has 8 atom stereocenters. The topological polar surface area (TPSA) is 175 Å². The number of aromatic nitrogens is 2. The van der Waals surface area contributed by atoms with Gasteiger partial charge in [0.25, 0.3) is 0 Å². The standard InChI is InChI=1S/C54H65N7O7/c1-28(2)47(58-53(65)67-5)51(63)60-22-8-12-41(60)49-55-27-40(57-49)39-21-20-38(45-33-16-17-34(25-33)46(39)45)37-19-18-36(43-31-14-15-32(24-31)44(37)43)30-10-7-11-35(26-30)56-50(62)42-13-9-23-61(42)52(64)48(29(3)4)59-54(66)68-6/h7,10-11,18-21,26-29,31-34,41-42,47-48H,8-9,12-17,22-25H2,1-6H3,(H,55,57)(H,56,62)(H,58,65)(H,59,66)/t31?,32?,33?,34?,41-,42-,47-,48-/m0/s1. The second-order valence-corrected chi connectivity index (χ2v) is 20.7. The van der Waals surface area contributed by atoms with Gasteiger partial charge in [0.05, 0.1) is 32.2 Å². The Morgan fingerprint density at radius 2 is 1.16 bits per heavy atom. The zero-order valence-corrected chi connectivity index (χ0v) is 40.2. The van der Waals surface area contributed by atoms with Crippen LogP contribution in [0.1, 0.15) is 150 Å². The van der Waals surface area contributed by atoms with Crippen LogP contribution in [0, 0.1) is 11.8 Å². The van der Waals surface area contributed by atoms with Gasteiger partial charge in [-0.3, -0.25) is 14.4 Å². The summed E-state index contributed by atoms with van der Waals surface area (Å²) in [5.74, 6) is 1.84. The number of aromatic amines is 1. The number of imidazole rings is 1. The number of H-pyrrole nitrogens is 1. The van der Waals surface area contributed by atoms with Gasteiger partial charge < -0.3 is 40.2 Å². The van der Waals surface area contributed by atoms with Crippen molar-refractivity contribution in [3.8, 4) is 33.5 Å². The second-order valence-electron chi connectivity index (χ2n) is 20.7. The lowest BCUT2D eigenvalue weighted by Gasteiger charge is -2.30. The van der Waals surface area contributed by atoms with Crippen molar-refractivity contribution in [3.05, 3.63) is 82.8 Å². The Balaban J connectivity index is 0.929. The molecule has 6 aliphatic rings.